The van der Waals surface area contributed by atoms with E-state index >= 15 is 0 Å². The van der Waals surface area contributed by atoms with Gasteiger partial charge in [0.15, 0.2) is 0 Å². The van der Waals surface area contributed by atoms with E-state index in [9.17, 15) is 0 Å². The molecule has 0 aliphatic carbocycles. The van der Waals surface area contributed by atoms with Crippen molar-refractivity contribution in [3.63, 3.8) is 0 Å². The summed E-state index contributed by atoms with van der Waals surface area (Å²) in [6.45, 7) is 6.02. The van der Waals surface area contributed by atoms with Gasteiger partial charge in [0, 0.05) is 16.7 Å². The highest BCUT2D eigenvalue weighted by molar-refractivity contribution is 7.99. The summed E-state index contributed by atoms with van der Waals surface area (Å²) in [4.78, 5) is 13.6. The van der Waals surface area contributed by atoms with E-state index in [-0.39, 0.29) is 12.0 Å². The highest BCUT2D eigenvalue weighted by atomic mass is 32.2. The van der Waals surface area contributed by atoms with Crippen LogP contribution in [-0.4, -0.2) is 26.7 Å². The molecule has 0 fully saturated rings. The largest absolute Gasteiger partial charge is 0.368 e. The van der Waals surface area contributed by atoms with E-state index in [4.69, 9.17) is 5.73 Å². The van der Waals surface area contributed by atoms with Gasteiger partial charge < -0.3 is 11.1 Å². The van der Waals surface area contributed by atoms with Gasteiger partial charge in [-0.3, -0.25) is 0 Å². The molecule has 0 saturated heterocycles. The monoisotopic (exact) mass is 289 g/mol. The first-order valence-corrected chi connectivity index (χ1v) is 7.46. The van der Waals surface area contributed by atoms with Crippen LogP contribution in [-0.2, 0) is 0 Å². The molecule has 1 heterocycles. The van der Waals surface area contributed by atoms with Crippen molar-refractivity contribution in [2.24, 2.45) is 0 Å². The first-order valence-electron chi connectivity index (χ1n) is 6.47. The molecule has 6 heteroatoms. The SMILES string of the molecule is Cc1nc(N)nc(NC(C)CSc2ccccc2C)n1. The molecule has 0 bridgehead atoms. The van der Waals surface area contributed by atoms with Gasteiger partial charge in [-0.25, -0.2) is 0 Å². The van der Waals surface area contributed by atoms with Crippen molar-refractivity contribution in [3.05, 3.63) is 35.7 Å². The summed E-state index contributed by atoms with van der Waals surface area (Å²) < 4.78 is 0. The van der Waals surface area contributed by atoms with Crippen LogP contribution in [0.3, 0.4) is 0 Å². The fourth-order valence-corrected chi connectivity index (χ4v) is 2.75. The lowest BCUT2D eigenvalue weighted by Crippen LogP contribution is -2.20. The summed E-state index contributed by atoms with van der Waals surface area (Å²) in [7, 11) is 0. The molecule has 20 heavy (non-hydrogen) atoms. The second kappa shape index (κ2) is 6.56. The van der Waals surface area contributed by atoms with Crippen molar-refractivity contribution in [2.45, 2.75) is 31.7 Å². The summed E-state index contributed by atoms with van der Waals surface area (Å²) in [5.74, 6) is 2.33. The zero-order chi connectivity index (χ0) is 14.5. The van der Waals surface area contributed by atoms with E-state index in [0.717, 1.165) is 5.75 Å². The quantitative estimate of drug-likeness (QED) is 0.824. The lowest BCUT2D eigenvalue weighted by Gasteiger charge is -2.14. The Kier molecular flexibility index (Phi) is 4.79. The molecular formula is C14H19N5S. The van der Waals surface area contributed by atoms with Gasteiger partial charge in [-0.05, 0) is 32.4 Å². The summed E-state index contributed by atoms with van der Waals surface area (Å²) >= 11 is 1.82. The molecule has 2 rings (SSSR count). The average molecular weight is 289 g/mol. The molecule has 0 saturated carbocycles. The van der Waals surface area contributed by atoms with Gasteiger partial charge in [0.2, 0.25) is 11.9 Å². The van der Waals surface area contributed by atoms with Crippen molar-refractivity contribution in [1.29, 1.82) is 0 Å². The van der Waals surface area contributed by atoms with Crippen LogP contribution in [0.2, 0.25) is 0 Å². The smallest absolute Gasteiger partial charge is 0.227 e. The predicted molar refractivity (Wildman–Crippen MR) is 84.0 cm³/mol. The molecule has 5 nitrogen and oxygen atoms in total. The zero-order valence-electron chi connectivity index (χ0n) is 11.9. The van der Waals surface area contributed by atoms with Crippen LogP contribution in [0.15, 0.2) is 29.2 Å². The molecule has 1 unspecified atom stereocenters. The van der Waals surface area contributed by atoms with Crippen LogP contribution in [0.4, 0.5) is 11.9 Å². The third-order valence-corrected chi connectivity index (χ3v) is 4.16. The molecule has 1 atom stereocenters. The number of rotatable bonds is 5. The fourth-order valence-electron chi connectivity index (χ4n) is 1.76. The molecule has 0 spiro atoms. The summed E-state index contributed by atoms with van der Waals surface area (Å²) in [5, 5.41) is 3.25. The number of hydrogen-bond acceptors (Lipinski definition) is 6. The Morgan fingerprint density at radius 2 is 1.95 bits per heavy atom. The number of benzene rings is 1. The Hall–Kier alpha value is -1.82. The van der Waals surface area contributed by atoms with E-state index in [1.165, 1.54) is 10.5 Å². The third-order valence-electron chi connectivity index (χ3n) is 2.72. The van der Waals surface area contributed by atoms with Gasteiger partial charge >= 0.3 is 0 Å². The predicted octanol–water partition coefficient (Wildman–Crippen LogP) is 2.66. The van der Waals surface area contributed by atoms with Crippen LogP contribution < -0.4 is 11.1 Å². The number of thioether (sulfide) groups is 1. The van der Waals surface area contributed by atoms with Gasteiger partial charge in [-0.1, -0.05) is 18.2 Å². The van der Waals surface area contributed by atoms with Crippen molar-refractivity contribution >= 4 is 23.7 Å². The van der Waals surface area contributed by atoms with Crippen LogP contribution in [0, 0.1) is 13.8 Å². The standard InChI is InChI=1S/C14H19N5S/c1-9-6-4-5-7-12(9)20-8-10(2)16-14-18-11(3)17-13(15)19-14/h4-7,10H,8H2,1-3H3,(H3,15,16,17,18,19). The number of aromatic nitrogens is 3. The van der Waals surface area contributed by atoms with Crippen molar-refractivity contribution in [3.8, 4) is 0 Å². The van der Waals surface area contributed by atoms with Crippen molar-refractivity contribution in [1.82, 2.24) is 15.0 Å². The third kappa shape index (κ3) is 4.09. The summed E-state index contributed by atoms with van der Waals surface area (Å²) in [5.41, 5.74) is 6.91. The minimum Gasteiger partial charge on any atom is -0.368 e. The Balaban J connectivity index is 1.92. The summed E-state index contributed by atoms with van der Waals surface area (Å²) in [6, 6.07) is 8.61. The van der Waals surface area contributed by atoms with E-state index in [1.807, 2.05) is 11.8 Å². The van der Waals surface area contributed by atoms with Crippen LogP contribution in [0.5, 0.6) is 0 Å². The fraction of sp³-hybridized carbons (Fsp3) is 0.357. The van der Waals surface area contributed by atoms with Crippen LogP contribution >= 0.6 is 11.8 Å². The highest BCUT2D eigenvalue weighted by Crippen LogP contribution is 2.22. The number of anilines is 2. The highest BCUT2D eigenvalue weighted by Gasteiger charge is 2.07. The normalized spacial score (nSPS) is 12.2. The number of nitrogen functional groups attached to an aromatic ring is 1. The average Bonchev–Trinajstić information content (AvgIpc) is 2.36. The van der Waals surface area contributed by atoms with E-state index in [2.05, 4.69) is 58.4 Å². The molecule has 1 aromatic carbocycles. The second-order valence-corrected chi connectivity index (χ2v) is 5.75. The molecule has 2 aromatic rings. The Morgan fingerprint density at radius 3 is 2.65 bits per heavy atom. The maximum atomic E-state index is 5.61. The zero-order valence-corrected chi connectivity index (χ0v) is 12.7. The number of nitrogens with zero attached hydrogens (tertiary/aromatic N) is 3. The molecule has 0 aliphatic rings. The molecule has 0 amide bonds. The minimum absolute atomic E-state index is 0.237. The number of nitrogens with two attached hydrogens (primary N) is 1. The maximum absolute atomic E-state index is 5.61. The minimum atomic E-state index is 0.237. The first kappa shape index (κ1) is 14.6. The second-order valence-electron chi connectivity index (χ2n) is 4.69. The number of aryl methyl sites for hydroxylation is 2. The van der Waals surface area contributed by atoms with E-state index < -0.39 is 0 Å². The van der Waals surface area contributed by atoms with Gasteiger partial charge in [0.25, 0.3) is 0 Å². The molecule has 1 aromatic heterocycles. The lowest BCUT2D eigenvalue weighted by atomic mass is 10.2. The molecular weight excluding hydrogens is 270 g/mol. The number of nitrogens with one attached hydrogen (secondary N) is 1. The topological polar surface area (TPSA) is 76.7 Å². The van der Waals surface area contributed by atoms with Crippen LogP contribution in [0.1, 0.15) is 18.3 Å². The van der Waals surface area contributed by atoms with Crippen molar-refractivity contribution < 1.29 is 0 Å². The van der Waals surface area contributed by atoms with Gasteiger partial charge in [0.05, 0.1) is 0 Å². The van der Waals surface area contributed by atoms with E-state index in [1.54, 1.807) is 6.92 Å². The first-order chi connectivity index (χ1) is 9.54. The Bertz CT molecular complexity index is 567. The molecule has 0 aliphatic heterocycles. The van der Waals surface area contributed by atoms with Gasteiger partial charge in [0.1, 0.15) is 5.82 Å². The molecule has 0 radical (unpaired) electrons. The number of hydrogen-bond donors (Lipinski definition) is 2. The lowest BCUT2D eigenvalue weighted by molar-refractivity contribution is 0.869. The van der Waals surface area contributed by atoms with Crippen LogP contribution in [0.25, 0.3) is 0 Å². The Morgan fingerprint density at radius 1 is 1.20 bits per heavy atom. The Labute approximate surface area is 123 Å². The summed E-state index contributed by atoms with van der Waals surface area (Å²) in [6.07, 6.45) is 0. The van der Waals surface area contributed by atoms with Gasteiger partial charge in [-0.15, -0.1) is 11.8 Å². The maximum Gasteiger partial charge on any atom is 0.227 e. The van der Waals surface area contributed by atoms with E-state index in [0.29, 0.717) is 11.8 Å². The molecule has 106 valence electrons. The van der Waals surface area contributed by atoms with Gasteiger partial charge in [-0.2, -0.15) is 15.0 Å². The molecule has 3 N–H and O–H groups in total. The van der Waals surface area contributed by atoms with Crippen molar-refractivity contribution in [2.75, 3.05) is 16.8 Å².